The van der Waals surface area contributed by atoms with E-state index in [1.807, 2.05) is 34.9 Å². The van der Waals surface area contributed by atoms with Crippen LogP contribution in [0.5, 0.6) is 5.75 Å². The van der Waals surface area contributed by atoms with Crippen LogP contribution < -0.4 is 4.74 Å². The van der Waals surface area contributed by atoms with E-state index in [1.165, 1.54) is 11.5 Å². The number of fused-ring (bicyclic) bond motifs is 1. The number of carbonyl (C=O) groups is 2. The molecule has 0 N–H and O–H groups in total. The number of rotatable bonds is 4. The first-order valence-corrected chi connectivity index (χ1v) is 8.27. The molecule has 0 bridgehead atoms. The van der Waals surface area contributed by atoms with Gasteiger partial charge in [-0.05, 0) is 65.0 Å². The Kier molecular flexibility index (Phi) is 5.52. The molecular formula is C19H26N2O4. The van der Waals surface area contributed by atoms with Crippen molar-refractivity contribution in [3.05, 3.63) is 30.0 Å². The number of benzene rings is 1. The number of esters is 1. The number of carbonyl (C=O) groups excluding carboxylic acids is 2. The third-order valence-corrected chi connectivity index (χ3v) is 3.54. The smallest absolute Gasteiger partial charge is 0.419 e. The Balaban J connectivity index is 2.48. The van der Waals surface area contributed by atoms with Crippen molar-refractivity contribution >= 4 is 23.0 Å². The van der Waals surface area contributed by atoms with Gasteiger partial charge in [-0.3, -0.25) is 9.36 Å². The number of likely N-dealkylation sites (N-methyl/N-ethyl adjacent to an activating group) is 1. The molecule has 0 saturated carbocycles. The Morgan fingerprint density at radius 1 is 1.20 bits per heavy atom. The van der Waals surface area contributed by atoms with Crippen LogP contribution in [0.2, 0.25) is 0 Å². The van der Waals surface area contributed by atoms with E-state index in [4.69, 9.17) is 9.47 Å². The van der Waals surface area contributed by atoms with Gasteiger partial charge in [0.05, 0.1) is 5.52 Å². The third-order valence-electron chi connectivity index (χ3n) is 3.54. The van der Waals surface area contributed by atoms with Gasteiger partial charge in [-0.15, -0.1) is 0 Å². The lowest BCUT2D eigenvalue weighted by atomic mass is 10.1. The quantitative estimate of drug-likeness (QED) is 0.627. The van der Waals surface area contributed by atoms with Crippen LogP contribution in [0.15, 0.2) is 24.4 Å². The number of nitrogens with zero attached hydrogens (tertiary/aromatic N) is 2. The molecule has 6 nitrogen and oxygen atoms in total. The molecule has 25 heavy (non-hydrogen) atoms. The molecule has 0 aliphatic carbocycles. The summed E-state index contributed by atoms with van der Waals surface area (Å²) in [6, 6.07) is 5.25. The SMILES string of the molecule is CC(=O)Oc1ccc2c(c1)c(CCN(C)C)cn2C(=O)OC(C)(C)C. The molecule has 0 aliphatic heterocycles. The summed E-state index contributed by atoms with van der Waals surface area (Å²) < 4.78 is 12.2. The summed E-state index contributed by atoms with van der Waals surface area (Å²) >= 11 is 0. The molecule has 0 aliphatic rings. The van der Waals surface area contributed by atoms with Gasteiger partial charge < -0.3 is 14.4 Å². The predicted molar refractivity (Wildman–Crippen MR) is 97.1 cm³/mol. The van der Waals surface area contributed by atoms with E-state index in [0.717, 1.165) is 29.4 Å². The minimum absolute atomic E-state index is 0.374. The molecule has 2 aromatic rings. The monoisotopic (exact) mass is 346 g/mol. The van der Waals surface area contributed by atoms with Crippen LogP contribution in [-0.4, -0.2) is 47.8 Å². The summed E-state index contributed by atoms with van der Waals surface area (Å²) in [4.78, 5) is 25.8. The van der Waals surface area contributed by atoms with Crippen LogP contribution in [0.25, 0.3) is 10.9 Å². The van der Waals surface area contributed by atoms with Crippen molar-refractivity contribution in [3.63, 3.8) is 0 Å². The average Bonchev–Trinajstić information content (AvgIpc) is 2.81. The minimum Gasteiger partial charge on any atom is -0.443 e. The second-order valence-corrected chi connectivity index (χ2v) is 7.33. The van der Waals surface area contributed by atoms with Crippen molar-refractivity contribution in [2.45, 2.75) is 39.7 Å². The summed E-state index contributed by atoms with van der Waals surface area (Å²) in [6.07, 6.45) is 2.15. The van der Waals surface area contributed by atoms with E-state index in [0.29, 0.717) is 5.75 Å². The zero-order valence-corrected chi connectivity index (χ0v) is 15.8. The van der Waals surface area contributed by atoms with Gasteiger partial charge in [0.15, 0.2) is 0 Å². The zero-order valence-electron chi connectivity index (χ0n) is 15.8. The highest BCUT2D eigenvalue weighted by Crippen LogP contribution is 2.27. The highest BCUT2D eigenvalue weighted by Gasteiger charge is 2.21. The molecule has 0 fully saturated rings. The summed E-state index contributed by atoms with van der Waals surface area (Å²) in [5.74, 6) is 0.0915. The molecule has 0 atom stereocenters. The molecular weight excluding hydrogens is 320 g/mol. The molecule has 1 aromatic heterocycles. The zero-order chi connectivity index (χ0) is 18.8. The van der Waals surface area contributed by atoms with Gasteiger partial charge in [0, 0.05) is 25.1 Å². The molecule has 1 heterocycles. The number of aromatic nitrogens is 1. The van der Waals surface area contributed by atoms with Crippen molar-refractivity contribution in [1.82, 2.24) is 9.47 Å². The van der Waals surface area contributed by atoms with Crippen molar-refractivity contribution < 1.29 is 19.1 Å². The lowest BCUT2D eigenvalue weighted by Crippen LogP contribution is -2.26. The molecule has 0 saturated heterocycles. The molecule has 0 spiro atoms. The van der Waals surface area contributed by atoms with Crippen LogP contribution in [0, 0.1) is 0 Å². The summed E-state index contributed by atoms with van der Waals surface area (Å²) in [5, 5.41) is 0.881. The maximum absolute atomic E-state index is 12.5. The molecule has 0 amide bonds. The highest BCUT2D eigenvalue weighted by molar-refractivity contribution is 5.93. The summed E-state index contributed by atoms with van der Waals surface area (Å²) in [5.41, 5.74) is 1.16. The second-order valence-electron chi connectivity index (χ2n) is 7.33. The molecule has 0 unspecified atom stereocenters. The Hall–Kier alpha value is -2.34. The van der Waals surface area contributed by atoms with Crippen molar-refractivity contribution in [3.8, 4) is 5.75 Å². The summed E-state index contributed by atoms with van der Waals surface area (Å²) in [6.45, 7) is 7.71. The van der Waals surface area contributed by atoms with Crippen molar-refractivity contribution in [2.75, 3.05) is 20.6 Å². The van der Waals surface area contributed by atoms with E-state index >= 15 is 0 Å². The first-order valence-electron chi connectivity index (χ1n) is 8.27. The Bertz CT molecular complexity index is 785. The van der Waals surface area contributed by atoms with Crippen LogP contribution >= 0.6 is 0 Å². The van der Waals surface area contributed by atoms with Gasteiger partial charge in [-0.25, -0.2) is 4.79 Å². The van der Waals surface area contributed by atoms with Crippen LogP contribution in [0.4, 0.5) is 4.79 Å². The van der Waals surface area contributed by atoms with E-state index in [9.17, 15) is 9.59 Å². The van der Waals surface area contributed by atoms with Crippen LogP contribution in [0.1, 0.15) is 33.3 Å². The van der Waals surface area contributed by atoms with E-state index < -0.39 is 11.7 Å². The molecule has 0 radical (unpaired) electrons. The van der Waals surface area contributed by atoms with Gasteiger partial charge in [0.1, 0.15) is 11.4 Å². The van der Waals surface area contributed by atoms with Crippen LogP contribution in [0.3, 0.4) is 0 Å². The Labute approximate surface area is 148 Å². The van der Waals surface area contributed by atoms with E-state index in [-0.39, 0.29) is 5.97 Å². The average molecular weight is 346 g/mol. The number of hydrogen-bond donors (Lipinski definition) is 0. The van der Waals surface area contributed by atoms with Gasteiger partial charge >= 0.3 is 12.1 Å². The van der Waals surface area contributed by atoms with Gasteiger partial charge in [0.2, 0.25) is 0 Å². The predicted octanol–water partition coefficient (Wildman–Crippen LogP) is 3.45. The fourth-order valence-electron chi connectivity index (χ4n) is 2.51. The highest BCUT2D eigenvalue weighted by atomic mass is 16.6. The first-order chi connectivity index (χ1) is 11.6. The van der Waals surface area contributed by atoms with Crippen LogP contribution in [-0.2, 0) is 16.0 Å². The molecule has 2 rings (SSSR count). The molecule has 136 valence electrons. The standard InChI is InChI=1S/C19H26N2O4/c1-13(22)24-15-7-8-17-16(11-15)14(9-10-20(5)6)12-21(17)18(23)25-19(2,3)4/h7-8,11-12H,9-10H2,1-6H3. The molecule has 6 heteroatoms. The Morgan fingerprint density at radius 3 is 2.44 bits per heavy atom. The van der Waals surface area contributed by atoms with E-state index in [2.05, 4.69) is 4.90 Å². The normalized spacial score (nSPS) is 11.8. The first kappa shape index (κ1) is 19.0. The van der Waals surface area contributed by atoms with Gasteiger partial charge in [-0.2, -0.15) is 0 Å². The third kappa shape index (κ3) is 5.06. The van der Waals surface area contributed by atoms with Gasteiger partial charge in [0.25, 0.3) is 0 Å². The minimum atomic E-state index is -0.574. The largest absolute Gasteiger partial charge is 0.443 e. The lowest BCUT2D eigenvalue weighted by molar-refractivity contribution is -0.131. The van der Waals surface area contributed by atoms with Gasteiger partial charge in [-0.1, -0.05) is 0 Å². The van der Waals surface area contributed by atoms with E-state index in [1.54, 1.807) is 24.4 Å². The Morgan fingerprint density at radius 2 is 1.88 bits per heavy atom. The van der Waals surface area contributed by atoms with Crippen molar-refractivity contribution in [2.24, 2.45) is 0 Å². The lowest BCUT2D eigenvalue weighted by Gasteiger charge is -2.19. The maximum Gasteiger partial charge on any atom is 0.419 e. The van der Waals surface area contributed by atoms with Crippen molar-refractivity contribution in [1.29, 1.82) is 0 Å². The summed E-state index contributed by atoms with van der Waals surface area (Å²) in [7, 11) is 3.99. The molecule has 1 aromatic carbocycles. The maximum atomic E-state index is 12.5. The fourth-order valence-corrected chi connectivity index (χ4v) is 2.51. The number of hydrogen-bond acceptors (Lipinski definition) is 5. The number of ether oxygens (including phenoxy) is 2. The second kappa shape index (κ2) is 7.27. The fraction of sp³-hybridized carbons (Fsp3) is 0.474. The topological polar surface area (TPSA) is 60.8 Å².